The van der Waals surface area contributed by atoms with Crippen LogP contribution in [-0.2, 0) is 14.3 Å². The number of carbonyl (C=O) groups excluding carboxylic acids is 2. The van der Waals surface area contributed by atoms with Gasteiger partial charge in [0.2, 0.25) is 0 Å². The van der Waals surface area contributed by atoms with Crippen LogP contribution in [0.15, 0.2) is 48.0 Å². The van der Waals surface area contributed by atoms with Crippen molar-refractivity contribution in [1.29, 1.82) is 0 Å². The van der Waals surface area contributed by atoms with Crippen LogP contribution in [-0.4, -0.2) is 55.2 Å². The first kappa shape index (κ1) is 23.3. The molecule has 0 aliphatic carbocycles. The van der Waals surface area contributed by atoms with Gasteiger partial charge in [-0.2, -0.15) is 0 Å². The lowest BCUT2D eigenvalue weighted by atomic mass is 9.94. The molecule has 1 unspecified atom stereocenters. The van der Waals surface area contributed by atoms with E-state index in [4.69, 9.17) is 14.2 Å². The second kappa shape index (κ2) is 9.87. The maximum atomic E-state index is 13.2. The van der Waals surface area contributed by atoms with E-state index in [1.54, 1.807) is 18.2 Å². The van der Waals surface area contributed by atoms with Crippen molar-refractivity contribution < 1.29 is 28.9 Å². The van der Waals surface area contributed by atoms with Crippen LogP contribution < -0.4 is 9.47 Å². The van der Waals surface area contributed by atoms with Gasteiger partial charge in [-0.1, -0.05) is 35.9 Å². The van der Waals surface area contributed by atoms with Crippen molar-refractivity contribution in [1.82, 2.24) is 4.90 Å². The van der Waals surface area contributed by atoms with Gasteiger partial charge < -0.3 is 24.2 Å². The van der Waals surface area contributed by atoms with Gasteiger partial charge in [-0.25, -0.2) is 0 Å². The Labute approximate surface area is 188 Å². The summed E-state index contributed by atoms with van der Waals surface area (Å²) in [6.07, 6.45) is -0.0120. The third-order valence-electron chi connectivity index (χ3n) is 5.35. The third kappa shape index (κ3) is 4.48. The number of aryl methyl sites for hydroxylation is 1. The molecule has 2 aromatic rings. The van der Waals surface area contributed by atoms with Crippen LogP contribution in [0.2, 0.25) is 0 Å². The summed E-state index contributed by atoms with van der Waals surface area (Å²) in [6, 6.07) is 11.8. The number of likely N-dealkylation sites (tertiary alicyclic amines) is 1. The summed E-state index contributed by atoms with van der Waals surface area (Å²) < 4.78 is 16.4. The van der Waals surface area contributed by atoms with Gasteiger partial charge in [-0.3, -0.25) is 9.59 Å². The zero-order valence-electron chi connectivity index (χ0n) is 19.0. The molecule has 0 bridgehead atoms. The lowest BCUT2D eigenvalue weighted by Gasteiger charge is -2.26. The summed E-state index contributed by atoms with van der Waals surface area (Å²) in [5.74, 6) is -1.11. The Hall–Kier alpha value is -3.32. The molecule has 0 saturated carbocycles. The minimum atomic E-state index is -0.764. The Morgan fingerprint density at radius 3 is 2.25 bits per heavy atom. The largest absolute Gasteiger partial charge is 0.506 e. The second-order valence-electron chi connectivity index (χ2n) is 7.86. The van der Waals surface area contributed by atoms with E-state index in [1.807, 2.05) is 45.0 Å². The smallest absolute Gasteiger partial charge is 0.295 e. The molecule has 2 aromatic carbocycles. The van der Waals surface area contributed by atoms with Crippen LogP contribution >= 0.6 is 0 Å². The van der Waals surface area contributed by atoms with Crippen LogP contribution in [0.25, 0.3) is 5.76 Å². The summed E-state index contributed by atoms with van der Waals surface area (Å²) in [4.78, 5) is 27.6. The average molecular weight is 440 g/mol. The number of ketones is 1. The summed E-state index contributed by atoms with van der Waals surface area (Å²) in [5.41, 5.74) is 1.92. The number of rotatable bonds is 8. The Morgan fingerprint density at radius 2 is 1.69 bits per heavy atom. The van der Waals surface area contributed by atoms with Gasteiger partial charge in [0.05, 0.1) is 38.5 Å². The predicted octanol–water partition coefficient (Wildman–Crippen LogP) is 3.86. The number of benzene rings is 2. The zero-order valence-corrected chi connectivity index (χ0v) is 19.0. The summed E-state index contributed by atoms with van der Waals surface area (Å²) in [7, 11) is 2.93. The van der Waals surface area contributed by atoms with Crippen LogP contribution in [0.5, 0.6) is 11.5 Å². The molecule has 7 heteroatoms. The number of amides is 1. The van der Waals surface area contributed by atoms with Crippen molar-refractivity contribution in [2.24, 2.45) is 0 Å². The summed E-state index contributed by atoms with van der Waals surface area (Å²) in [5, 5.41) is 11.4. The molecule has 1 saturated heterocycles. The molecule has 1 atom stereocenters. The maximum Gasteiger partial charge on any atom is 0.295 e. The molecular formula is C25H29NO6. The molecule has 1 N–H and O–H groups in total. The SMILES string of the molecule is COc1cccc(OC)c1/C(O)=C1\C(=O)C(=O)N(CCOC(C)C)C1c1cccc(C)c1. The summed E-state index contributed by atoms with van der Waals surface area (Å²) >= 11 is 0. The second-order valence-corrected chi connectivity index (χ2v) is 7.86. The van der Waals surface area contributed by atoms with Crippen LogP contribution in [0.1, 0.15) is 36.6 Å². The van der Waals surface area contributed by atoms with E-state index in [-0.39, 0.29) is 36.2 Å². The number of methoxy groups -OCH3 is 2. The molecule has 0 aromatic heterocycles. The van der Waals surface area contributed by atoms with Gasteiger partial charge in [-0.15, -0.1) is 0 Å². The van der Waals surface area contributed by atoms with Gasteiger partial charge in [-0.05, 0) is 38.5 Å². The first-order chi connectivity index (χ1) is 15.3. The van der Waals surface area contributed by atoms with Gasteiger partial charge in [0, 0.05) is 6.54 Å². The monoisotopic (exact) mass is 439 g/mol. The molecule has 1 heterocycles. The van der Waals surface area contributed by atoms with E-state index in [2.05, 4.69) is 0 Å². The van der Waals surface area contributed by atoms with E-state index in [1.165, 1.54) is 19.1 Å². The van der Waals surface area contributed by atoms with Gasteiger partial charge in [0.25, 0.3) is 11.7 Å². The molecule has 1 aliphatic rings. The van der Waals surface area contributed by atoms with E-state index in [0.717, 1.165) is 11.1 Å². The molecule has 0 radical (unpaired) electrons. The highest BCUT2D eigenvalue weighted by atomic mass is 16.5. The number of carbonyl (C=O) groups is 2. The number of hydrogen-bond acceptors (Lipinski definition) is 6. The number of aliphatic hydroxyl groups excluding tert-OH is 1. The quantitative estimate of drug-likeness (QED) is 0.382. The van der Waals surface area contributed by atoms with E-state index in [9.17, 15) is 14.7 Å². The number of nitrogens with zero attached hydrogens (tertiary/aromatic N) is 1. The Morgan fingerprint density at radius 1 is 1.06 bits per heavy atom. The number of aliphatic hydroxyl groups is 1. The van der Waals surface area contributed by atoms with Crippen molar-refractivity contribution in [2.45, 2.75) is 32.9 Å². The average Bonchev–Trinajstić information content (AvgIpc) is 3.02. The molecule has 7 nitrogen and oxygen atoms in total. The van der Waals surface area contributed by atoms with Crippen molar-refractivity contribution in [3.8, 4) is 11.5 Å². The summed E-state index contributed by atoms with van der Waals surface area (Å²) in [6.45, 7) is 6.22. The van der Waals surface area contributed by atoms with Crippen LogP contribution in [0.4, 0.5) is 0 Å². The van der Waals surface area contributed by atoms with Crippen LogP contribution in [0.3, 0.4) is 0 Å². The van der Waals surface area contributed by atoms with Crippen molar-refractivity contribution in [2.75, 3.05) is 27.4 Å². The minimum absolute atomic E-state index is 0.00653. The van der Waals surface area contributed by atoms with Gasteiger partial charge in [0.15, 0.2) is 0 Å². The highest BCUT2D eigenvalue weighted by molar-refractivity contribution is 6.46. The number of hydrogen-bond donors (Lipinski definition) is 1. The topological polar surface area (TPSA) is 85.3 Å². The predicted molar refractivity (Wildman–Crippen MR) is 121 cm³/mol. The third-order valence-corrected chi connectivity index (χ3v) is 5.35. The van der Waals surface area contributed by atoms with Crippen molar-refractivity contribution >= 4 is 17.4 Å². The molecule has 0 spiro atoms. The van der Waals surface area contributed by atoms with E-state index < -0.39 is 17.7 Å². The first-order valence-electron chi connectivity index (χ1n) is 10.5. The Kier molecular flexibility index (Phi) is 7.20. The molecule has 32 heavy (non-hydrogen) atoms. The first-order valence-corrected chi connectivity index (χ1v) is 10.5. The normalized spacial score (nSPS) is 17.8. The van der Waals surface area contributed by atoms with Crippen molar-refractivity contribution in [3.05, 3.63) is 64.7 Å². The molecule has 1 aliphatic heterocycles. The highest BCUT2D eigenvalue weighted by Crippen LogP contribution is 2.43. The molecule has 1 amide bonds. The Balaban J connectivity index is 2.20. The fourth-order valence-corrected chi connectivity index (χ4v) is 3.90. The molecule has 1 fully saturated rings. The van der Waals surface area contributed by atoms with Gasteiger partial charge in [0.1, 0.15) is 22.8 Å². The fourth-order valence-electron chi connectivity index (χ4n) is 3.90. The maximum absolute atomic E-state index is 13.2. The van der Waals surface area contributed by atoms with Gasteiger partial charge >= 0.3 is 0 Å². The standard InChI is InChI=1S/C25H29NO6/c1-15(2)32-13-12-26-22(17-9-6-8-16(3)14-17)21(24(28)25(26)29)23(27)20-18(30-4)10-7-11-19(20)31-5/h6-11,14-15,22,27H,12-13H2,1-5H3/b23-21+. The van der Waals surface area contributed by atoms with E-state index >= 15 is 0 Å². The molecule has 3 rings (SSSR count). The lowest BCUT2D eigenvalue weighted by molar-refractivity contribution is -0.140. The zero-order chi connectivity index (χ0) is 23.4. The number of ether oxygens (including phenoxy) is 3. The fraction of sp³-hybridized carbons (Fsp3) is 0.360. The lowest BCUT2D eigenvalue weighted by Crippen LogP contribution is -2.33. The minimum Gasteiger partial charge on any atom is -0.506 e. The number of Topliss-reactive ketones (excluding diaryl/α,β-unsaturated/α-hetero) is 1. The van der Waals surface area contributed by atoms with Crippen LogP contribution in [0, 0.1) is 6.92 Å². The van der Waals surface area contributed by atoms with Crippen molar-refractivity contribution in [3.63, 3.8) is 0 Å². The Bertz CT molecular complexity index is 1020. The highest BCUT2D eigenvalue weighted by Gasteiger charge is 2.46. The molecular weight excluding hydrogens is 410 g/mol. The van der Waals surface area contributed by atoms with E-state index in [0.29, 0.717) is 11.5 Å². The molecule has 170 valence electrons.